The predicted octanol–water partition coefficient (Wildman–Crippen LogP) is 4.57. The van der Waals surface area contributed by atoms with E-state index < -0.39 is 0 Å². The van der Waals surface area contributed by atoms with Crippen molar-refractivity contribution in [2.24, 2.45) is 0 Å². The fourth-order valence-corrected chi connectivity index (χ4v) is 3.47. The first kappa shape index (κ1) is 20.1. The first-order valence-electron chi connectivity index (χ1n) is 8.07. The molecule has 2 N–H and O–H groups in total. The van der Waals surface area contributed by atoms with Gasteiger partial charge in [0.15, 0.2) is 16.5 Å². The molecule has 0 atom stereocenters. The summed E-state index contributed by atoms with van der Waals surface area (Å²) in [7, 11) is 1.42. The van der Waals surface area contributed by atoms with Gasteiger partial charge >= 0.3 is 0 Å². The maximum atomic E-state index is 12.3. The number of phenolic OH excluding ortho intramolecular Hbond substituents is 1. The molecule has 28 heavy (non-hydrogen) atoms. The highest BCUT2D eigenvalue weighted by atomic mass is 35.5. The minimum Gasteiger partial charge on any atom is -0.503 e. The number of hydrogen-bond donors (Lipinski definition) is 2. The van der Waals surface area contributed by atoms with E-state index in [-0.39, 0.29) is 32.5 Å². The molecule has 0 fully saturated rings. The standard InChI is InChI=1S/C19H15Cl2N3O3S/c1-27-15-9-12(7-13(20)16(15)25)8-14(21)18-23-24-19(28-18)17(26)22-10-11-5-3-2-4-6-11/h2-9,25H,10H2,1H3,(H,22,26)/b14-8-. The number of halogens is 2. The molecule has 9 heteroatoms. The largest absolute Gasteiger partial charge is 0.503 e. The summed E-state index contributed by atoms with van der Waals surface area (Å²) in [5.74, 6) is -0.251. The maximum absolute atomic E-state index is 12.3. The number of phenols is 1. The lowest BCUT2D eigenvalue weighted by atomic mass is 10.2. The third-order valence-electron chi connectivity index (χ3n) is 3.68. The van der Waals surface area contributed by atoms with E-state index >= 15 is 0 Å². The fourth-order valence-electron chi connectivity index (χ4n) is 2.31. The summed E-state index contributed by atoms with van der Waals surface area (Å²) in [5.41, 5.74) is 1.59. The third-order valence-corrected chi connectivity index (χ3v) is 5.33. The summed E-state index contributed by atoms with van der Waals surface area (Å²) in [6.07, 6.45) is 1.60. The lowest BCUT2D eigenvalue weighted by molar-refractivity contribution is 0.0950. The van der Waals surface area contributed by atoms with Crippen molar-refractivity contribution < 1.29 is 14.6 Å². The topological polar surface area (TPSA) is 84.3 Å². The zero-order chi connectivity index (χ0) is 20.1. The van der Waals surface area contributed by atoms with E-state index in [2.05, 4.69) is 15.5 Å². The first-order valence-corrected chi connectivity index (χ1v) is 9.65. The summed E-state index contributed by atoms with van der Waals surface area (Å²) >= 11 is 13.4. The van der Waals surface area contributed by atoms with Crippen LogP contribution in [0.2, 0.25) is 5.02 Å². The number of carbonyl (C=O) groups excluding carboxylic acids is 1. The Morgan fingerprint density at radius 3 is 2.68 bits per heavy atom. The van der Waals surface area contributed by atoms with Crippen molar-refractivity contribution in [3.63, 3.8) is 0 Å². The van der Waals surface area contributed by atoms with Crippen molar-refractivity contribution in [2.75, 3.05) is 7.11 Å². The van der Waals surface area contributed by atoms with E-state index in [1.54, 1.807) is 12.1 Å². The molecule has 0 saturated heterocycles. The van der Waals surface area contributed by atoms with Crippen molar-refractivity contribution in [2.45, 2.75) is 6.54 Å². The zero-order valence-electron chi connectivity index (χ0n) is 14.6. The van der Waals surface area contributed by atoms with E-state index in [9.17, 15) is 9.90 Å². The number of ether oxygens (including phenoxy) is 1. The van der Waals surface area contributed by atoms with Gasteiger partial charge in [-0.2, -0.15) is 0 Å². The molecule has 3 rings (SSSR count). The number of carbonyl (C=O) groups is 1. The van der Waals surface area contributed by atoms with Gasteiger partial charge in [0.25, 0.3) is 5.91 Å². The van der Waals surface area contributed by atoms with Crippen molar-refractivity contribution >= 4 is 51.6 Å². The molecule has 0 saturated carbocycles. The Labute approximate surface area is 175 Å². The van der Waals surface area contributed by atoms with Gasteiger partial charge in [-0.05, 0) is 29.3 Å². The number of nitrogens with zero attached hydrogens (tertiary/aromatic N) is 2. The Bertz CT molecular complexity index is 1020. The molecule has 2 aromatic carbocycles. The molecule has 0 aliphatic rings. The van der Waals surface area contributed by atoms with Gasteiger partial charge in [-0.3, -0.25) is 4.79 Å². The molecule has 1 amide bonds. The monoisotopic (exact) mass is 435 g/mol. The summed E-state index contributed by atoms with van der Waals surface area (Å²) < 4.78 is 5.07. The van der Waals surface area contributed by atoms with Gasteiger partial charge in [0.05, 0.1) is 17.2 Å². The number of methoxy groups -OCH3 is 1. The van der Waals surface area contributed by atoms with Gasteiger partial charge in [-0.1, -0.05) is 64.9 Å². The Morgan fingerprint density at radius 2 is 1.96 bits per heavy atom. The van der Waals surface area contributed by atoms with Gasteiger partial charge in [-0.25, -0.2) is 0 Å². The fraction of sp³-hybridized carbons (Fsp3) is 0.105. The Hall–Kier alpha value is -2.61. The van der Waals surface area contributed by atoms with E-state index in [4.69, 9.17) is 27.9 Å². The highest BCUT2D eigenvalue weighted by Gasteiger charge is 2.15. The van der Waals surface area contributed by atoms with Gasteiger partial charge in [-0.15, -0.1) is 10.2 Å². The smallest absolute Gasteiger partial charge is 0.282 e. The molecule has 0 bridgehead atoms. The number of nitrogens with one attached hydrogen (secondary N) is 1. The van der Waals surface area contributed by atoms with Crippen LogP contribution < -0.4 is 10.1 Å². The van der Waals surface area contributed by atoms with Crippen LogP contribution in [0.3, 0.4) is 0 Å². The molecule has 6 nitrogen and oxygen atoms in total. The van der Waals surface area contributed by atoms with Crippen LogP contribution in [0.15, 0.2) is 42.5 Å². The van der Waals surface area contributed by atoms with Crippen molar-refractivity contribution in [1.29, 1.82) is 0 Å². The van der Waals surface area contributed by atoms with Crippen LogP contribution in [0, 0.1) is 0 Å². The molecular weight excluding hydrogens is 421 g/mol. The summed E-state index contributed by atoms with van der Waals surface area (Å²) in [5, 5.41) is 21.5. The number of hydrogen-bond acceptors (Lipinski definition) is 6. The molecule has 3 aromatic rings. The van der Waals surface area contributed by atoms with Crippen LogP contribution in [0.5, 0.6) is 11.5 Å². The third kappa shape index (κ3) is 4.81. The molecule has 1 aromatic heterocycles. The second-order valence-electron chi connectivity index (χ2n) is 5.63. The van der Waals surface area contributed by atoms with Crippen LogP contribution in [0.25, 0.3) is 11.1 Å². The second-order valence-corrected chi connectivity index (χ2v) is 7.42. The molecule has 0 aliphatic heterocycles. The molecule has 144 valence electrons. The predicted molar refractivity (Wildman–Crippen MR) is 111 cm³/mol. The zero-order valence-corrected chi connectivity index (χ0v) is 17.0. The molecule has 1 heterocycles. The van der Waals surface area contributed by atoms with Crippen LogP contribution in [0.4, 0.5) is 0 Å². The number of rotatable bonds is 6. The molecule has 0 radical (unpaired) electrons. The molecule has 0 spiro atoms. The van der Waals surface area contributed by atoms with E-state index in [0.29, 0.717) is 17.1 Å². The Morgan fingerprint density at radius 1 is 1.25 bits per heavy atom. The second kappa shape index (κ2) is 9.05. The summed E-state index contributed by atoms with van der Waals surface area (Å²) in [6, 6.07) is 12.7. The Balaban J connectivity index is 1.73. The minimum absolute atomic E-state index is 0.133. The lowest BCUT2D eigenvalue weighted by Crippen LogP contribution is -2.22. The highest BCUT2D eigenvalue weighted by molar-refractivity contribution is 7.15. The average molecular weight is 436 g/mol. The van der Waals surface area contributed by atoms with Gasteiger partial charge in [0.1, 0.15) is 0 Å². The minimum atomic E-state index is -0.327. The summed E-state index contributed by atoms with van der Waals surface area (Å²) in [4.78, 5) is 12.3. The Kier molecular flexibility index (Phi) is 6.51. The normalized spacial score (nSPS) is 11.3. The van der Waals surface area contributed by atoms with Gasteiger partial charge in [0, 0.05) is 6.54 Å². The van der Waals surface area contributed by atoms with Gasteiger partial charge < -0.3 is 15.2 Å². The average Bonchev–Trinajstić information content (AvgIpc) is 3.20. The van der Waals surface area contributed by atoms with E-state index in [1.165, 1.54) is 13.2 Å². The highest BCUT2D eigenvalue weighted by Crippen LogP contribution is 2.36. The van der Waals surface area contributed by atoms with Crippen LogP contribution >= 0.6 is 34.5 Å². The summed E-state index contributed by atoms with van der Waals surface area (Å²) in [6.45, 7) is 0.393. The van der Waals surface area contributed by atoms with Gasteiger partial charge in [0.2, 0.25) is 5.01 Å². The van der Waals surface area contributed by atoms with Crippen LogP contribution in [-0.4, -0.2) is 28.3 Å². The molecule has 0 unspecified atom stereocenters. The van der Waals surface area contributed by atoms with Crippen LogP contribution in [0.1, 0.15) is 25.9 Å². The maximum Gasteiger partial charge on any atom is 0.282 e. The number of aromatic hydroxyl groups is 1. The van der Waals surface area contributed by atoms with Crippen LogP contribution in [-0.2, 0) is 6.54 Å². The number of aromatic nitrogens is 2. The quantitative estimate of drug-likeness (QED) is 0.591. The SMILES string of the molecule is COc1cc(/C=C(\Cl)c2nnc(C(=O)NCc3ccccc3)s2)cc(Cl)c1O. The number of benzene rings is 2. The number of amides is 1. The van der Waals surface area contributed by atoms with E-state index in [0.717, 1.165) is 16.9 Å². The molecular formula is C19H15Cl2N3O3S. The molecule has 0 aliphatic carbocycles. The van der Waals surface area contributed by atoms with E-state index in [1.807, 2.05) is 30.3 Å². The van der Waals surface area contributed by atoms with Crippen molar-refractivity contribution in [3.05, 3.63) is 68.6 Å². The first-order chi connectivity index (χ1) is 13.5. The van der Waals surface area contributed by atoms with Crippen molar-refractivity contribution in [3.8, 4) is 11.5 Å². The van der Waals surface area contributed by atoms with Crippen molar-refractivity contribution in [1.82, 2.24) is 15.5 Å². The lowest BCUT2D eigenvalue weighted by Gasteiger charge is -2.06.